The Kier molecular flexibility index (Phi) is 5.75. The largest absolute Gasteiger partial charge is 0.456 e. The van der Waals surface area contributed by atoms with Gasteiger partial charge >= 0.3 is 0 Å². The highest BCUT2D eigenvalue weighted by Gasteiger charge is 2.17. The first-order valence-corrected chi connectivity index (χ1v) is 11.1. The van der Waals surface area contributed by atoms with Crippen molar-refractivity contribution in [1.29, 1.82) is 0 Å². The van der Waals surface area contributed by atoms with Crippen molar-refractivity contribution in [2.45, 2.75) is 13.5 Å². The molecule has 4 aromatic rings. The number of aryl methyl sites for hydroxylation is 1. The number of hydrogen-bond acceptors (Lipinski definition) is 4. The van der Waals surface area contributed by atoms with Crippen LogP contribution in [0.15, 0.2) is 77.2 Å². The van der Waals surface area contributed by atoms with Crippen LogP contribution in [0.1, 0.15) is 21.5 Å². The average molecular weight is 426 g/mol. The highest BCUT2D eigenvalue weighted by Crippen LogP contribution is 2.34. The lowest BCUT2D eigenvalue weighted by molar-refractivity contribution is 0.102. The fourth-order valence-corrected chi connectivity index (χ4v) is 4.29. The maximum Gasteiger partial charge on any atom is 0.255 e. The highest BCUT2D eigenvalue weighted by atomic mass is 16.3. The van der Waals surface area contributed by atoms with E-state index in [-0.39, 0.29) is 5.91 Å². The first kappa shape index (κ1) is 20.5. The summed E-state index contributed by atoms with van der Waals surface area (Å²) < 4.78 is 6.25. The maximum absolute atomic E-state index is 12.8. The zero-order chi connectivity index (χ0) is 21.9. The number of carbonyl (C=O) groups is 1. The van der Waals surface area contributed by atoms with Crippen LogP contribution in [0.25, 0.3) is 22.3 Å². The molecule has 1 aliphatic heterocycles. The van der Waals surface area contributed by atoms with Crippen LogP contribution in [0.3, 0.4) is 0 Å². The molecule has 5 rings (SSSR count). The molecule has 32 heavy (non-hydrogen) atoms. The van der Waals surface area contributed by atoms with Gasteiger partial charge in [-0.05, 0) is 48.9 Å². The topological polar surface area (TPSA) is 57.5 Å². The number of benzene rings is 3. The molecular weight excluding hydrogens is 398 g/mol. The highest BCUT2D eigenvalue weighted by molar-refractivity contribution is 6.06. The standard InChI is InChI=1S/C27H27N3O2/c1-19-6-4-7-20(16-19)27(31)29-24-10-3-2-9-22(24)26-17-23-21(8-5-11-25(23)32-26)18-30-14-12-28-13-15-30/h2-11,16-17,28H,12-15,18H2,1H3,(H,29,31). The van der Waals surface area contributed by atoms with Gasteiger partial charge in [-0.1, -0.05) is 42.0 Å². The summed E-state index contributed by atoms with van der Waals surface area (Å²) in [6.07, 6.45) is 0. The number of amides is 1. The number of anilines is 1. The van der Waals surface area contributed by atoms with Crippen LogP contribution in [-0.2, 0) is 6.54 Å². The molecule has 162 valence electrons. The number of furan rings is 1. The zero-order valence-corrected chi connectivity index (χ0v) is 18.2. The smallest absolute Gasteiger partial charge is 0.255 e. The summed E-state index contributed by atoms with van der Waals surface area (Å²) in [6, 6.07) is 23.7. The lowest BCUT2D eigenvalue weighted by Crippen LogP contribution is -2.42. The normalized spacial score (nSPS) is 14.5. The number of nitrogens with zero attached hydrogens (tertiary/aromatic N) is 1. The lowest BCUT2D eigenvalue weighted by atomic mass is 10.1. The molecule has 1 amide bonds. The molecule has 0 atom stereocenters. The molecule has 1 aliphatic rings. The summed E-state index contributed by atoms with van der Waals surface area (Å²) in [5, 5.41) is 7.59. The second-order valence-corrected chi connectivity index (χ2v) is 8.33. The third-order valence-electron chi connectivity index (χ3n) is 5.98. The van der Waals surface area contributed by atoms with E-state index < -0.39 is 0 Å². The molecule has 1 saturated heterocycles. The van der Waals surface area contributed by atoms with E-state index in [1.165, 1.54) is 5.56 Å². The second-order valence-electron chi connectivity index (χ2n) is 8.33. The number of rotatable bonds is 5. The van der Waals surface area contributed by atoms with Gasteiger partial charge in [0.05, 0.1) is 5.69 Å². The lowest BCUT2D eigenvalue weighted by Gasteiger charge is -2.27. The van der Waals surface area contributed by atoms with Crippen molar-refractivity contribution < 1.29 is 9.21 Å². The maximum atomic E-state index is 12.8. The third kappa shape index (κ3) is 4.31. The van der Waals surface area contributed by atoms with Crippen molar-refractivity contribution in [2.75, 3.05) is 31.5 Å². The SMILES string of the molecule is Cc1cccc(C(=O)Nc2ccccc2-c2cc3c(CN4CCNCC4)cccc3o2)c1. The molecule has 1 aromatic heterocycles. The molecule has 0 saturated carbocycles. The molecule has 2 N–H and O–H groups in total. The first-order valence-electron chi connectivity index (χ1n) is 11.1. The van der Waals surface area contributed by atoms with E-state index in [9.17, 15) is 4.79 Å². The van der Waals surface area contributed by atoms with Gasteiger partial charge in [-0.2, -0.15) is 0 Å². The number of nitrogens with one attached hydrogen (secondary N) is 2. The number of carbonyl (C=O) groups excluding carboxylic acids is 1. The minimum atomic E-state index is -0.128. The molecule has 1 fully saturated rings. The van der Waals surface area contributed by atoms with Crippen LogP contribution in [0.4, 0.5) is 5.69 Å². The molecule has 0 unspecified atom stereocenters. The molecule has 2 heterocycles. The number of piperazine rings is 1. The monoisotopic (exact) mass is 425 g/mol. The van der Waals surface area contributed by atoms with Gasteiger partial charge in [0.1, 0.15) is 11.3 Å². The fourth-order valence-electron chi connectivity index (χ4n) is 4.29. The van der Waals surface area contributed by atoms with Crippen molar-refractivity contribution in [3.8, 4) is 11.3 Å². The van der Waals surface area contributed by atoms with Crippen molar-refractivity contribution in [3.63, 3.8) is 0 Å². The van der Waals surface area contributed by atoms with Crippen molar-refractivity contribution >= 4 is 22.6 Å². The van der Waals surface area contributed by atoms with Crippen LogP contribution in [0.2, 0.25) is 0 Å². The number of para-hydroxylation sites is 1. The molecule has 3 aromatic carbocycles. The van der Waals surface area contributed by atoms with Gasteiger partial charge in [-0.15, -0.1) is 0 Å². The van der Waals surface area contributed by atoms with Gasteiger partial charge in [-0.3, -0.25) is 9.69 Å². The Morgan fingerprint density at radius 2 is 1.81 bits per heavy atom. The van der Waals surface area contributed by atoms with E-state index in [4.69, 9.17) is 4.42 Å². The van der Waals surface area contributed by atoms with Crippen LogP contribution >= 0.6 is 0 Å². The zero-order valence-electron chi connectivity index (χ0n) is 18.2. The van der Waals surface area contributed by atoms with Gasteiger partial charge in [0.2, 0.25) is 0 Å². The number of fused-ring (bicyclic) bond motifs is 1. The quantitative estimate of drug-likeness (QED) is 0.469. The molecule has 5 heteroatoms. The molecule has 0 bridgehead atoms. The Morgan fingerprint density at radius 1 is 1.00 bits per heavy atom. The molecule has 0 radical (unpaired) electrons. The van der Waals surface area contributed by atoms with Gasteiger partial charge in [0, 0.05) is 49.2 Å². The van der Waals surface area contributed by atoms with Gasteiger partial charge in [0.15, 0.2) is 0 Å². The Balaban J connectivity index is 1.45. The van der Waals surface area contributed by atoms with Crippen molar-refractivity contribution in [3.05, 3.63) is 89.5 Å². The fraction of sp³-hybridized carbons (Fsp3) is 0.222. The molecular formula is C27H27N3O2. The third-order valence-corrected chi connectivity index (χ3v) is 5.98. The molecule has 5 nitrogen and oxygen atoms in total. The minimum Gasteiger partial charge on any atom is -0.456 e. The summed E-state index contributed by atoms with van der Waals surface area (Å²) in [5.41, 5.74) is 5.44. The Labute approximate surface area is 188 Å². The van der Waals surface area contributed by atoms with E-state index in [2.05, 4.69) is 33.7 Å². The van der Waals surface area contributed by atoms with Crippen LogP contribution in [-0.4, -0.2) is 37.0 Å². The Morgan fingerprint density at radius 3 is 2.66 bits per heavy atom. The first-order chi connectivity index (χ1) is 15.7. The Bertz CT molecular complexity index is 1250. The van der Waals surface area contributed by atoms with Gasteiger partial charge in [0.25, 0.3) is 5.91 Å². The predicted octanol–water partition coefficient (Wildman–Crippen LogP) is 5.07. The van der Waals surface area contributed by atoms with E-state index in [1.54, 1.807) is 0 Å². The van der Waals surface area contributed by atoms with Crippen LogP contribution in [0.5, 0.6) is 0 Å². The summed E-state index contributed by atoms with van der Waals surface area (Å²) in [4.78, 5) is 15.3. The van der Waals surface area contributed by atoms with E-state index in [1.807, 2.05) is 61.5 Å². The average Bonchev–Trinajstić information content (AvgIpc) is 3.25. The van der Waals surface area contributed by atoms with Crippen molar-refractivity contribution in [1.82, 2.24) is 10.2 Å². The van der Waals surface area contributed by atoms with Gasteiger partial charge in [-0.25, -0.2) is 0 Å². The summed E-state index contributed by atoms with van der Waals surface area (Å²) in [6.45, 7) is 7.05. The summed E-state index contributed by atoms with van der Waals surface area (Å²) in [7, 11) is 0. The summed E-state index contributed by atoms with van der Waals surface area (Å²) >= 11 is 0. The van der Waals surface area contributed by atoms with Gasteiger partial charge < -0.3 is 15.1 Å². The number of hydrogen-bond donors (Lipinski definition) is 2. The van der Waals surface area contributed by atoms with E-state index in [0.717, 1.165) is 66.3 Å². The van der Waals surface area contributed by atoms with Crippen molar-refractivity contribution in [2.24, 2.45) is 0 Å². The van der Waals surface area contributed by atoms with E-state index in [0.29, 0.717) is 5.56 Å². The molecule has 0 aliphatic carbocycles. The predicted molar refractivity (Wildman–Crippen MR) is 129 cm³/mol. The second kappa shape index (κ2) is 8.99. The minimum absolute atomic E-state index is 0.128. The molecule has 0 spiro atoms. The van der Waals surface area contributed by atoms with Crippen LogP contribution in [0, 0.1) is 6.92 Å². The Hall–Kier alpha value is -3.41. The van der Waals surface area contributed by atoms with Crippen LogP contribution < -0.4 is 10.6 Å². The summed E-state index contributed by atoms with van der Waals surface area (Å²) in [5.74, 6) is 0.629. The van der Waals surface area contributed by atoms with E-state index >= 15 is 0 Å².